The van der Waals surface area contributed by atoms with Crippen LogP contribution in [0.2, 0.25) is 0 Å². The molecule has 7 heteroatoms. The number of carbonyl (C=O) groups is 1. The Hall–Kier alpha value is -2.02. The molecule has 2 aliphatic rings. The molecule has 0 radical (unpaired) electrons. The lowest BCUT2D eigenvalue weighted by Crippen LogP contribution is -2.37. The Bertz CT molecular complexity index is 709. The second-order valence-electron chi connectivity index (χ2n) is 7.45. The molecule has 0 spiro atoms. The van der Waals surface area contributed by atoms with Gasteiger partial charge in [-0.1, -0.05) is 0 Å². The number of carbonyl (C=O) groups excluding carboxylic acids is 1. The summed E-state index contributed by atoms with van der Waals surface area (Å²) in [6, 6.07) is 2.78. The Morgan fingerprint density at radius 3 is 2.42 bits per heavy atom. The zero-order valence-electron chi connectivity index (χ0n) is 14.5. The van der Waals surface area contributed by atoms with Crippen LogP contribution in [-0.2, 0) is 0 Å². The molecule has 24 heavy (non-hydrogen) atoms. The monoisotopic (exact) mass is 328 g/mol. The SMILES string of the molecule is CN(C)C1C[C@@H]2CC(N(C)C(=O)c3nc4ncccn4n3)C[C@@H]2C1. The van der Waals surface area contributed by atoms with E-state index in [1.807, 2.05) is 11.9 Å². The molecule has 0 aromatic carbocycles. The molecule has 2 aromatic rings. The van der Waals surface area contributed by atoms with Crippen LogP contribution in [0.3, 0.4) is 0 Å². The van der Waals surface area contributed by atoms with Gasteiger partial charge in [0.05, 0.1) is 0 Å². The van der Waals surface area contributed by atoms with Gasteiger partial charge in [0.1, 0.15) is 0 Å². The predicted octanol–water partition coefficient (Wildman–Crippen LogP) is 1.32. The summed E-state index contributed by atoms with van der Waals surface area (Å²) in [5.74, 6) is 2.09. The van der Waals surface area contributed by atoms with Crippen LogP contribution in [0.15, 0.2) is 18.5 Å². The van der Waals surface area contributed by atoms with Crippen LogP contribution in [0.25, 0.3) is 5.78 Å². The molecule has 7 nitrogen and oxygen atoms in total. The first kappa shape index (κ1) is 15.5. The lowest BCUT2D eigenvalue weighted by atomic mass is 10.0. The highest BCUT2D eigenvalue weighted by Gasteiger charge is 2.44. The molecule has 0 saturated heterocycles. The average Bonchev–Trinajstić information content (AvgIpc) is 3.24. The summed E-state index contributed by atoms with van der Waals surface area (Å²) < 4.78 is 1.55. The van der Waals surface area contributed by atoms with Gasteiger partial charge in [-0.3, -0.25) is 4.79 Å². The van der Waals surface area contributed by atoms with Crippen LogP contribution in [-0.4, -0.2) is 68.5 Å². The van der Waals surface area contributed by atoms with Crippen LogP contribution >= 0.6 is 0 Å². The van der Waals surface area contributed by atoms with Gasteiger partial charge >= 0.3 is 0 Å². The van der Waals surface area contributed by atoms with E-state index in [0.717, 1.165) is 24.7 Å². The highest BCUT2D eigenvalue weighted by atomic mass is 16.2. The fourth-order valence-electron chi connectivity index (χ4n) is 4.44. The Kier molecular flexibility index (Phi) is 3.75. The molecule has 2 unspecified atom stereocenters. The third-order valence-electron chi connectivity index (χ3n) is 5.87. The van der Waals surface area contributed by atoms with E-state index in [9.17, 15) is 4.79 Å². The summed E-state index contributed by atoms with van der Waals surface area (Å²) in [5.41, 5.74) is 0. The molecule has 2 fully saturated rings. The maximum absolute atomic E-state index is 12.7. The van der Waals surface area contributed by atoms with E-state index in [1.54, 1.807) is 23.0 Å². The maximum atomic E-state index is 12.7. The van der Waals surface area contributed by atoms with Crippen LogP contribution in [0.5, 0.6) is 0 Å². The topological polar surface area (TPSA) is 66.6 Å². The predicted molar refractivity (Wildman–Crippen MR) is 89.6 cm³/mol. The third-order valence-corrected chi connectivity index (χ3v) is 5.87. The average molecular weight is 328 g/mol. The minimum atomic E-state index is -0.102. The van der Waals surface area contributed by atoms with Gasteiger partial charge in [0, 0.05) is 31.5 Å². The van der Waals surface area contributed by atoms with Crippen LogP contribution in [0.4, 0.5) is 0 Å². The summed E-state index contributed by atoms with van der Waals surface area (Å²) >= 11 is 0. The molecule has 2 heterocycles. The second-order valence-corrected chi connectivity index (χ2v) is 7.45. The van der Waals surface area contributed by atoms with Gasteiger partial charge in [-0.2, -0.15) is 4.98 Å². The number of nitrogens with zero attached hydrogens (tertiary/aromatic N) is 6. The fourth-order valence-corrected chi connectivity index (χ4v) is 4.44. The van der Waals surface area contributed by atoms with E-state index < -0.39 is 0 Å². The molecule has 1 amide bonds. The van der Waals surface area contributed by atoms with Crippen molar-refractivity contribution in [1.29, 1.82) is 0 Å². The molecular weight excluding hydrogens is 304 g/mol. The van der Waals surface area contributed by atoms with Crippen molar-refractivity contribution in [1.82, 2.24) is 29.4 Å². The Morgan fingerprint density at radius 1 is 1.12 bits per heavy atom. The van der Waals surface area contributed by atoms with Crippen molar-refractivity contribution >= 4 is 11.7 Å². The fraction of sp³-hybridized carbons (Fsp3) is 0.647. The van der Waals surface area contributed by atoms with Gasteiger partial charge in [-0.25, -0.2) is 9.50 Å². The molecule has 4 rings (SSSR count). The number of amides is 1. The van der Waals surface area contributed by atoms with Crippen molar-refractivity contribution in [3.05, 3.63) is 24.3 Å². The van der Waals surface area contributed by atoms with Crippen LogP contribution < -0.4 is 0 Å². The standard InChI is InChI=1S/C17H24N6O/c1-21(2)13-7-11-9-14(10-12(11)8-13)22(3)16(24)15-19-17-18-5-4-6-23(17)20-15/h4-6,11-14H,7-10H2,1-3H3/t11-,12+,13?,14?. The first-order valence-corrected chi connectivity index (χ1v) is 8.64. The highest BCUT2D eigenvalue weighted by Crippen LogP contribution is 2.46. The normalized spacial score (nSPS) is 29.3. The Labute approximate surface area is 141 Å². The summed E-state index contributed by atoms with van der Waals surface area (Å²) in [4.78, 5) is 25.3. The number of aromatic nitrogens is 4. The van der Waals surface area contributed by atoms with E-state index in [-0.39, 0.29) is 11.7 Å². The first-order chi connectivity index (χ1) is 11.5. The third kappa shape index (κ3) is 2.56. The molecule has 0 N–H and O–H groups in total. The van der Waals surface area contributed by atoms with Crippen molar-refractivity contribution in [3.8, 4) is 0 Å². The molecule has 2 saturated carbocycles. The highest BCUT2D eigenvalue weighted by molar-refractivity contribution is 5.90. The van der Waals surface area contributed by atoms with Crippen LogP contribution in [0.1, 0.15) is 36.3 Å². The van der Waals surface area contributed by atoms with Crippen molar-refractivity contribution in [2.45, 2.75) is 37.8 Å². The smallest absolute Gasteiger partial charge is 0.293 e. The second kappa shape index (κ2) is 5.81. The van der Waals surface area contributed by atoms with Gasteiger partial charge in [0.2, 0.25) is 5.82 Å². The van der Waals surface area contributed by atoms with E-state index >= 15 is 0 Å². The quantitative estimate of drug-likeness (QED) is 0.850. The van der Waals surface area contributed by atoms with Gasteiger partial charge in [-0.15, -0.1) is 5.10 Å². The number of hydrogen-bond donors (Lipinski definition) is 0. The number of fused-ring (bicyclic) bond motifs is 2. The van der Waals surface area contributed by atoms with Crippen molar-refractivity contribution in [2.75, 3.05) is 21.1 Å². The zero-order chi connectivity index (χ0) is 16.8. The number of hydrogen-bond acceptors (Lipinski definition) is 5. The first-order valence-electron chi connectivity index (χ1n) is 8.64. The van der Waals surface area contributed by atoms with Crippen molar-refractivity contribution in [3.63, 3.8) is 0 Å². The number of rotatable bonds is 3. The zero-order valence-corrected chi connectivity index (χ0v) is 14.5. The van der Waals surface area contributed by atoms with Gasteiger partial charge in [0.15, 0.2) is 0 Å². The summed E-state index contributed by atoms with van der Waals surface area (Å²) in [6.45, 7) is 0. The molecule has 2 aliphatic carbocycles. The molecule has 4 atom stereocenters. The maximum Gasteiger partial charge on any atom is 0.293 e. The minimum absolute atomic E-state index is 0.102. The van der Waals surface area contributed by atoms with Crippen molar-refractivity contribution < 1.29 is 4.79 Å². The summed E-state index contributed by atoms with van der Waals surface area (Å²) in [5, 5.41) is 4.26. The molecule has 128 valence electrons. The van der Waals surface area contributed by atoms with E-state index in [2.05, 4.69) is 34.1 Å². The summed E-state index contributed by atoms with van der Waals surface area (Å²) in [7, 11) is 6.22. The minimum Gasteiger partial charge on any atom is -0.336 e. The summed E-state index contributed by atoms with van der Waals surface area (Å²) in [6.07, 6.45) is 8.12. The van der Waals surface area contributed by atoms with E-state index in [1.165, 1.54) is 12.8 Å². The Morgan fingerprint density at radius 2 is 1.79 bits per heavy atom. The molecule has 0 bridgehead atoms. The van der Waals surface area contributed by atoms with Crippen LogP contribution in [0, 0.1) is 11.8 Å². The van der Waals surface area contributed by atoms with Crippen molar-refractivity contribution in [2.24, 2.45) is 11.8 Å². The molecule has 2 aromatic heterocycles. The van der Waals surface area contributed by atoms with E-state index in [0.29, 0.717) is 17.9 Å². The van der Waals surface area contributed by atoms with Gasteiger partial charge in [-0.05, 0) is 57.7 Å². The largest absolute Gasteiger partial charge is 0.336 e. The van der Waals surface area contributed by atoms with Gasteiger partial charge in [0.25, 0.3) is 11.7 Å². The van der Waals surface area contributed by atoms with E-state index in [4.69, 9.17) is 0 Å². The molecular formula is C17H24N6O. The Balaban J connectivity index is 1.45. The lowest BCUT2D eigenvalue weighted by Gasteiger charge is -2.26. The molecule has 0 aliphatic heterocycles. The van der Waals surface area contributed by atoms with Gasteiger partial charge < -0.3 is 9.80 Å². The lowest BCUT2D eigenvalue weighted by molar-refractivity contribution is 0.0714.